The lowest BCUT2D eigenvalue weighted by Gasteiger charge is -2.17. The van der Waals surface area contributed by atoms with E-state index in [-0.39, 0.29) is 5.91 Å². The van der Waals surface area contributed by atoms with E-state index in [0.717, 1.165) is 39.9 Å². The summed E-state index contributed by atoms with van der Waals surface area (Å²) in [5, 5.41) is 15.0. The molecule has 5 rings (SSSR count). The van der Waals surface area contributed by atoms with Gasteiger partial charge in [0.15, 0.2) is 11.5 Å². The van der Waals surface area contributed by atoms with E-state index in [4.69, 9.17) is 0 Å². The third kappa shape index (κ3) is 3.46. The maximum Gasteiger partial charge on any atom is 0.251 e. The van der Waals surface area contributed by atoms with Crippen molar-refractivity contribution in [3.63, 3.8) is 0 Å². The van der Waals surface area contributed by atoms with Crippen molar-refractivity contribution in [2.75, 3.05) is 17.2 Å². The van der Waals surface area contributed by atoms with Crippen LogP contribution in [0.3, 0.4) is 0 Å². The van der Waals surface area contributed by atoms with Crippen LogP contribution in [0.4, 0.5) is 23.1 Å². The number of aryl methyl sites for hydroxylation is 3. The van der Waals surface area contributed by atoms with Gasteiger partial charge in [0.25, 0.3) is 5.91 Å². The fourth-order valence-corrected chi connectivity index (χ4v) is 3.94. The van der Waals surface area contributed by atoms with Crippen LogP contribution in [0, 0.1) is 13.8 Å². The van der Waals surface area contributed by atoms with Gasteiger partial charge in [0.1, 0.15) is 0 Å². The van der Waals surface area contributed by atoms with Crippen LogP contribution in [-0.2, 0) is 13.5 Å². The number of hydrogen-bond donors (Lipinski definition) is 3. The Balaban J connectivity index is 1.46. The molecule has 0 radical (unpaired) electrons. The number of carbonyl (C=O) groups excluding carboxylic acids is 1. The van der Waals surface area contributed by atoms with E-state index in [2.05, 4.69) is 57.0 Å². The van der Waals surface area contributed by atoms with E-state index in [1.807, 2.05) is 31.3 Å². The van der Waals surface area contributed by atoms with Gasteiger partial charge < -0.3 is 16.0 Å². The van der Waals surface area contributed by atoms with Gasteiger partial charge in [0, 0.05) is 36.7 Å². The summed E-state index contributed by atoms with van der Waals surface area (Å²) in [4.78, 5) is 21.2. The number of nitrogens with one attached hydrogen (secondary N) is 3. The molecule has 3 N–H and O–H groups in total. The lowest BCUT2D eigenvalue weighted by molar-refractivity contribution is 0.0946. The molecule has 1 amide bonds. The van der Waals surface area contributed by atoms with Gasteiger partial charge in [-0.2, -0.15) is 10.1 Å². The van der Waals surface area contributed by atoms with Crippen LogP contribution in [0.2, 0.25) is 0 Å². The zero-order chi connectivity index (χ0) is 21.5. The summed E-state index contributed by atoms with van der Waals surface area (Å²) < 4.78 is 1.73. The summed E-state index contributed by atoms with van der Waals surface area (Å²) >= 11 is 0. The van der Waals surface area contributed by atoms with Gasteiger partial charge in [-0.15, -0.1) is 0 Å². The third-order valence-corrected chi connectivity index (χ3v) is 5.60. The largest absolute Gasteiger partial charge is 0.352 e. The predicted molar refractivity (Wildman–Crippen MR) is 121 cm³/mol. The summed E-state index contributed by atoms with van der Waals surface area (Å²) in [6.07, 6.45) is 2.60. The Bertz CT molecular complexity index is 1310. The maximum atomic E-state index is 12.1. The van der Waals surface area contributed by atoms with Crippen LogP contribution in [-0.4, -0.2) is 32.2 Å². The smallest absolute Gasteiger partial charge is 0.251 e. The number of hydrogen-bond acceptors (Lipinski definition) is 6. The Labute approximate surface area is 179 Å². The number of anilines is 4. The quantitative estimate of drug-likeness (QED) is 0.471. The van der Waals surface area contributed by atoms with Crippen molar-refractivity contribution in [1.82, 2.24) is 25.1 Å². The van der Waals surface area contributed by atoms with Crippen LogP contribution in [0.1, 0.15) is 27.0 Å². The molecule has 2 aromatic carbocycles. The first-order chi connectivity index (χ1) is 15.0. The summed E-state index contributed by atoms with van der Waals surface area (Å²) in [5.74, 6) is 1.12. The lowest BCUT2D eigenvalue weighted by atomic mass is 10.00. The molecule has 156 valence electrons. The lowest BCUT2D eigenvalue weighted by Crippen LogP contribution is -2.31. The molecule has 0 spiro atoms. The van der Waals surface area contributed by atoms with E-state index in [9.17, 15) is 4.79 Å². The minimum Gasteiger partial charge on any atom is -0.352 e. The Morgan fingerprint density at radius 1 is 1.10 bits per heavy atom. The molecule has 0 aliphatic carbocycles. The highest BCUT2D eigenvalue weighted by Crippen LogP contribution is 2.29. The molecule has 0 bridgehead atoms. The Hall–Kier alpha value is -3.94. The number of amides is 1. The topological polar surface area (TPSA) is 96.8 Å². The molecule has 4 aromatic rings. The second-order valence-corrected chi connectivity index (χ2v) is 7.80. The first kappa shape index (κ1) is 19.0. The zero-order valence-corrected chi connectivity index (χ0v) is 17.7. The SMILES string of the molecule is Cc1cccc(C)c1Nc1nn(C)c2nc(Nc3ccc4c(c3)C(=O)NCC4)ncc12. The predicted octanol–water partition coefficient (Wildman–Crippen LogP) is 3.75. The number of para-hydroxylation sites is 1. The van der Waals surface area contributed by atoms with Crippen LogP contribution >= 0.6 is 0 Å². The fraction of sp³-hybridized carbons (Fsp3) is 0.217. The van der Waals surface area contributed by atoms with E-state index in [1.54, 1.807) is 10.9 Å². The number of benzene rings is 2. The monoisotopic (exact) mass is 413 g/mol. The van der Waals surface area contributed by atoms with Crippen LogP contribution in [0.15, 0.2) is 42.6 Å². The Morgan fingerprint density at radius 3 is 2.71 bits per heavy atom. The summed E-state index contributed by atoms with van der Waals surface area (Å²) in [6, 6.07) is 11.9. The van der Waals surface area contributed by atoms with E-state index in [0.29, 0.717) is 29.5 Å². The van der Waals surface area contributed by atoms with Gasteiger partial charge in [0.2, 0.25) is 5.95 Å². The average molecular weight is 413 g/mol. The number of nitrogens with zero attached hydrogens (tertiary/aromatic N) is 4. The fourth-order valence-electron chi connectivity index (χ4n) is 3.94. The molecule has 8 nitrogen and oxygen atoms in total. The third-order valence-electron chi connectivity index (χ3n) is 5.60. The number of fused-ring (bicyclic) bond motifs is 2. The maximum absolute atomic E-state index is 12.1. The molecule has 3 heterocycles. The van der Waals surface area contributed by atoms with Crippen LogP contribution < -0.4 is 16.0 Å². The number of aromatic nitrogens is 4. The minimum absolute atomic E-state index is 0.0462. The highest BCUT2D eigenvalue weighted by atomic mass is 16.1. The Morgan fingerprint density at radius 2 is 1.90 bits per heavy atom. The van der Waals surface area contributed by atoms with E-state index < -0.39 is 0 Å². The minimum atomic E-state index is -0.0462. The Kier molecular flexibility index (Phi) is 4.54. The van der Waals surface area contributed by atoms with Crippen molar-refractivity contribution >= 4 is 40.1 Å². The normalized spacial score (nSPS) is 13.1. The molecule has 0 unspecified atom stereocenters. The van der Waals surface area contributed by atoms with Gasteiger partial charge in [-0.25, -0.2) is 9.67 Å². The van der Waals surface area contributed by atoms with Gasteiger partial charge in [-0.1, -0.05) is 24.3 Å². The van der Waals surface area contributed by atoms with Crippen molar-refractivity contribution in [3.8, 4) is 0 Å². The highest BCUT2D eigenvalue weighted by molar-refractivity contribution is 5.97. The molecule has 0 fully saturated rings. The second kappa shape index (κ2) is 7.39. The molecule has 0 saturated heterocycles. The van der Waals surface area contributed by atoms with Crippen LogP contribution in [0.5, 0.6) is 0 Å². The molecule has 1 aliphatic heterocycles. The molecule has 0 saturated carbocycles. The van der Waals surface area contributed by atoms with Gasteiger partial charge >= 0.3 is 0 Å². The standard InChI is InChI=1S/C23H23N7O/c1-13-5-4-6-14(2)19(13)27-20-18-12-25-23(28-21(18)30(3)29-20)26-16-8-7-15-9-10-24-22(31)17(15)11-16/h4-8,11-12H,9-10H2,1-3H3,(H,24,31)(H,27,29)(H,25,26,28). The van der Waals surface area contributed by atoms with Gasteiger partial charge in [-0.05, 0) is 49.1 Å². The van der Waals surface area contributed by atoms with E-state index in [1.165, 1.54) is 0 Å². The molecule has 1 aliphatic rings. The molecule has 0 atom stereocenters. The molecular formula is C23H23N7O. The van der Waals surface area contributed by atoms with Gasteiger partial charge in [0.05, 0.1) is 5.39 Å². The first-order valence-electron chi connectivity index (χ1n) is 10.2. The zero-order valence-electron chi connectivity index (χ0n) is 17.7. The first-order valence-corrected chi connectivity index (χ1v) is 10.2. The summed E-state index contributed by atoms with van der Waals surface area (Å²) in [6.45, 7) is 4.81. The number of carbonyl (C=O) groups is 1. The molecule has 2 aromatic heterocycles. The van der Waals surface area contributed by atoms with Crippen molar-refractivity contribution in [1.29, 1.82) is 0 Å². The van der Waals surface area contributed by atoms with E-state index >= 15 is 0 Å². The summed E-state index contributed by atoms with van der Waals surface area (Å²) in [5.41, 5.74) is 6.56. The van der Waals surface area contributed by atoms with Crippen molar-refractivity contribution in [3.05, 3.63) is 64.8 Å². The van der Waals surface area contributed by atoms with Gasteiger partial charge in [-0.3, -0.25) is 4.79 Å². The number of rotatable bonds is 4. The average Bonchev–Trinajstić information content (AvgIpc) is 3.06. The molecular weight excluding hydrogens is 390 g/mol. The van der Waals surface area contributed by atoms with Crippen LogP contribution in [0.25, 0.3) is 11.0 Å². The second-order valence-electron chi connectivity index (χ2n) is 7.80. The summed E-state index contributed by atoms with van der Waals surface area (Å²) in [7, 11) is 1.86. The van der Waals surface area contributed by atoms with Crippen molar-refractivity contribution < 1.29 is 4.79 Å². The van der Waals surface area contributed by atoms with Crippen molar-refractivity contribution in [2.45, 2.75) is 20.3 Å². The van der Waals surface area contributed by atoms with Crippen molar-refractivity contribution in [2.24, 2.45) is 7.05 Å². The molecule has 8 heteroatoms. The molecule has 31 heavy (non-hydrogen) atoms. The highest BCUT2D eigenvalue weighted by Gasteiger charge is 2.18.